The van der Waals surface area contributed by atoms with Gasteiger partial charge in [-0.3, -0.25) is 9.69 Å². The fourth-order valence-corrected chi connectivity index (χ4v) is 4.18. The minimum atomic E-state index is -1.13. The van der Waals surface area contributed by atoms with Crippen LogP contribution >= 0.6 is 0 Å². The molecule has 1 saturated carbocycles. The number of rotatable bonds is 4. The zero-order valence-electron chi connectivity index (χ0n) is 15.0. The second-order valence-electron chi connectivity index (χ2n) is 7.72. The number of carbonyl (C=O) groups excluding carboxylic acids is 1. The first-order valence-electron chi connectivity index (χ1n) is 9.47. The molecule has 0 bridgehead atoms. The maximum atomic E-state index is 14.0. The third kappa shape index (κ3) is 4.39. The molecule has 1 aliphatic heterocycles. The molecule has 0 radical (unpaired) electrons. The molecule has 1 aromatic rings. The van der Waals surface area contributed by atoms with E-state index in [0.29, 0.717) is 50.0 Å². The fourth-order valence-electron chi connectivity index (χ4n) is 4.18. The second kappa shape index (κ2) is 7.83. The maximum Gasteiger partial charge on any atom is 0.234 e. The predicted molar refractivity (Wildman–Crippen MR) is 95.5 cm³/mol. The summed E-state index contributed by atoms with van der Waals surface area (Å²) in [5.41, 5.74) is -0.758. The van der Waals surface area contributed by atoms with Gasteiger partial charge in [0.15, 0.2) is 0 Å². The standard InChI is InChI=1S/C20H29FN2O2/c1-15-6-2-5-9-18(15)22-19(24)14-23-12-10-20(25,11-13-23)16-7-3-4-8-17(16)21/h3-4,7-8,15,18,25H,2,5-6,9-14H2,1H3,(H,22,24)/t15-,18+/m1/s1. The van der Waals surface area contributed by atoms with Crippen LogP contribution in [0.25, 0.3) is 0 Å². The van der Waals surface area contributed by atoms with Gasteiger partial charge >= 0.3 is 0 Å². The van der Waals surface area contributed by atoms with Gasteiger partial charge in [-0.15, -0.1) is 0 Å². The van der Waals surface area contributed by atoms with Crippen molar-refractivity contribution in [3.8, 4) is 0 Å². The third-order valence-electron chi connectivity index (χ3n) is 5.88. The van der Waals surface area contributed by atoms with Crippen LogP contribution in [0.15, 0.2) is 24.3 Å². The second-order valence-corrected chi connectivity index (χ2v) is 7.72. The first-order chi connectivity index (χ1) is 12.0. The Balaban J connectivity index is 1.50. The van der Waals surface area contributed by atoms with E-state index in [9.17, 15) is 14.3 Å². The van der Waals surface area contributed by atoms with E-state index in [-0.39, 0.29) is 11.7 Å². The van der Waals surface area contributed by atoms with Crippen molar-refractivity contribution in [2.45, 2.75) is 57.1 Å². The molecule has 5 heteroatoms. The smallest absolute Gasteiger partial charge is 0.234 e. The van der Waals surface area contributed by atoms with Crippen LogP contribution in [0, 0.1) is 11.7 Å². The Hall–Kier alpha value is -1.46. The van der Waals surface area contributed by atoms with Crippen molar-refractivity contribution < 1.29 is 14.3 Å². The van der Waals surface area contributed by atoms with Gasteiger partial charge < -0.3 is 10.4 Å². The maximum absolute atomic E-state index is 14.0. The van der Waals surface area contributed by atoms with Crippen molar-refractivity contribution in [3.63, 3.8) is 0 Å². The average molecular weight is 348 g/mol. The quantitative estimate of drug-likeness (QED) is 0.880. The molecule has 138 valence electrons. The lowest BCUT2D eigenvalue weighted by Crippen LogP contribution is -2.49. The van der Waals surface area contributed by atoms with Crippen LogP contribution in [0.1, 0.15) is 51.0 Å². The number of halogens is 1. The van der Waals surface area contributed by atoms with Gasteiger partial charge in [-0.1, -0.05) is 38.0 Å². The lowest BCUT2D eigenvalue weighted by atomic mass is 9.84. The van der Waals surface area contributed by atoms with E-state index in [0.717, 1.165) is 6.42 Å². The molecule has 0 aromatic heterocycles. The molecule has 1 saturated heterocycles. The highest BCUT2D eigenvalue weighted by molar-refractivity contribution is 5.78. The SMILES string of the molecule is C[C@@H]1CCCC[C@@H]1NC(=O)CN1CCC(O)(c2ccccc2F)CC1. The summed E-state index contributed by atoms with van der Waals surface area (Å²) >= 11 is 0. The first-order valence-corrected chi connectivity index (χ1v) is 9.47. The van der Waals surface area contributed by atoms with E-state index in [2.05, 4.69) is 17.1 Å². The van der Waals surface area contributed by atoms with E-state index in [4.69, 9.17) is 0 Å². The van der Waals surface area contributed by atoms with Gasteiger partial charge in [-0.05, 0) is 37.7 Å². The molecular formula is C20H29FN2O2. The van der Waals surface area contributed by atoms with E-state index < -0.39 is 5.60 Å². The third-order valence-corrected chi connectivity index (χ3v) is 5.88. The number of hydrogen-bond acceptors (Lipinski definition) is 3. The summed E-state index contributed by atoms with van der Waals surface area (Å²) in [4.78, 5) is 14.4. The molecule has 1 aliphatic carbocycles. The number of benzene rings is 1. The van der Waals surface area contributed by atoms with Crippen LogP contribution in [-0.4, -0.2) is 41.6 Å². The normalized spacial score (nSPS) is 27.0. The number of aliphatic hydroxyl groups is 1. The topological polar surface area (TPSA) is 52.6 Å². The van der Waals surface area contributed by atoms with Crippen LogP contribution in [0.3, 0.4) is 0 Å². The molecule has 2 atom stereocenters. The highest BCUT2D eigenvalue weighted by Gasteiger charge is 2.36. The lowest BCUT2D eigenvalue weighted by molar-refractivity contribution is -0.125. The Morgan fingerprint density at radius 2 is 1.96 bits per heavy atom. The van der Waals surface area contributed by atoms with Gasteiger partial charge in [0.1, 0.15) is 5.82 Å². The average Bonchev–Trinajstić information content (AvgIpc) is 2.59. The van der Waals surface area contributed by atoms with Crippen molar-refractivity contribution in [2.75, 3.05) is 19.6 Å². The van der Waals surface area contributed by atoms with Gasteiger partial charge in [-0.25, -0.2) is 4.39 Å². The number of nitrogens with zero attached hydrogens (tertiary/aromatic N) is 1. The first kappa shape index (κ1) is 18.3. The molecular weight excluding hydrogens is 319 g/mol. The summed E-state index contributed by atoms with van der Waals surface area (Å²) in [7, 11) is 0. The molecule has 4 nitrogen and oxygen atoms in total. The number of amides is 1. The van der Waals surface area contributed by atoms with Crippen molar-refractivity contribution in [1.82, 2.24) is 10.2 Å². The minimum Gasteiger partial charge on any atom is -0.385 e. The number of nitrogens with one attached hydrogen (secondary N) is 1. The molecule has 1 amide bonds. The predicted octanol–water partition coefficient (Wildman–Crippen LogP) is 2.80. The molecule has 1 aromatic carbocycles. The molecule has 3 rings (SSSR count). The van der Waals surface area contributed by atoms with Crippen molar-refractivity contribution in [1.29, 1.82) is 0 Å². The Bertz CT molecular complexity index is 599. The Labute approximate surface area is 149 Å². The van der Waals surface area contributed by atoms with E-state index in [1.807, 2.05) is 0 Å². The Morgan fingerprint density at radius 3 is 2.64 bits per heavy atom. The summed E-state index contributed by atoms with van der Waals surface area (Å²) in [5.74, 6) is 0.253. The number of likely N-dealkylation sites (tertiary alicyclic amines) is 1. The van der Waals surface area contributed by atoms with Crippen molar-refractivity contribution in [2.24, 2.45) is 5.92 Å². The number of hydrogen-bond donors (Lipinski definition) is 2. The van der Waals surface area contributed by atoms with Gasteiger partial charge in [-0.2, -0.15) is 0 Å². The molecule has 1 heterocycles. The number of carbonyl (C=O) groups is 1. The molecule has 2 fully saturated rings. The molecule has 25 heavy (non-hydrogen) atoms. The zero-order chi connectivity index (χ0) is 17.9. The van der Waals surface area contributed by atoms with Gasteiger partial charge in [0.05, 0.1) is 12.1 Å². The minimum absolute atomic E-state index is 0.0649. The lowest BCUT2D eigenvalue weighted by Gasteiger charge is -2.38. The van der Waals surface area contributed by atoms with Crippen LogP contribution in [0.2, 0.25) is 0 Å². The van der Waals surface area contributed by atoms with E-state index in [1.54, 1.807) is 18.2 Å². The summed E-state index contributed by atoms with van der Waals surface area (Å²) in [5, 5.41) is 14.0. The Kier molecular flexibility index (Phi) is 5.74. The monoisotopic (exact) mass is 348 g/mol. The summed E-state index contributed by atoms with van der Waals surface area (Å²) < 4.78 is 14.0. The van der Waals surface area contributed by atoms with E-state index in [1.165, 1.54) is 25.3 Å². The van der Waals surface area contributed by atoms with Crippen LogP contribution in [0.4, 0.5) is 4.39 Å². The van der Waals surface area contributed by atoms with Gasteiger partial charge in [0.2, 0.25) is 5.91 Å². The summed E-state index contributed by atoms with van der Waals surface area (Å²) in [6.45, 7) is 3.76. The van der Waals surface area contributed by atoms with Crippen LogP contribution < -0.4 is 5.32 Å². The summed E-state index contributed by atoms with van der Waals surface area (Å²) in [6, 6.07) is 6.72. The van der Waals surface area contributed by atoms with E-state index >= 15 is 0 Å². The van der Waals surface area contributed by atoms with Crippen LogP contribution in [-0.2, 0) is 10.4 Å². The molecule has 2 N–H and O–H groups in total. The molecule has 2 aliphatic rings. The highest BCUT2D eigenvalue weighted by atomic mass is 19.1. The van der Waals surface area contributed by atoms with Crippen molar-refractivity contribution in [3.05, 3.63) is 35.6 Å². The largest absolute Gasteiger partial charge is 0.385 e. The van der Waals surface area contributed by atoms with Gasteiger partial charge in [0.25, 0.3) is 0 Å². The molecule has 0 unspecified atom stereocenters. The van der Waals surface area contributed by atoms with Gasteiger partial charge in [0, 0.05) is 24.7 Å². The van der Waals surface area contributed by atoms with Crippen molar-refractivity contribution >= 4 is 5.91 Å². The van der Waals surface area contributed by atoms with Crippen LogP contribution in [0.5, 0.6) is 0 Å². The zero-order valence-corrected chi connectivity index (χ0v) is 15.0. The Morgan fingerprint density at radius 1 is 1.28 bits per heavy atom. The fraction of sp³-hybridized carbons (Fsp3) is 0.650. The molecule has 0 spiro atoms. The number of piperidine rings is 1. The summed E-state index contributed by atoms with van der Waals surface area (Å²) in [6.07, 6.45) is 5.59. The highest BCUT2D eigenvalue weighted by Crippen LogP contribution is 2.34.